The van der Waals surface area contributed by atoms with Crippen LogP contribution in [0.15, 0.2) is 22.5 Å². The van der Waals surface area contributed by atoms with E-state index in [2.05, 4.69) is 34.7 Å². The van der Waals surface area contributed by atoms with Crippen LogP contribution in [-0.4, -0.2) is 67.7 Å². The van der Waals surface area contributed by atoms with Gasteiger partial charge in [-0.2, -0.15) is 13.2 Å². The topological polar surface area (TPSA) is 30.9 Å². The number of hydrogen-bond acceptors (Lipinski definition) is 3. The summed E-state index contributed by atoms with van der Waals surface area (Å²) in [7, 11) is 1.72. The van der Waals surface area contributed by atoms with E-state index in [-0.39, 0.29) is 24.0 Å². The third kappa shape index (κ3) is 6.88. The zero-order chi connectivity index (χ0) is 18.4. The van der Waals surface area contributed by atoms with Gasteiger partial charge in [0.25, 0.3) is 0 Å². The van der Waals surface area contributed by atoms with Gasteiger partial charge in [0.15, 0.2) is 5.96 Å². The number of piperazine rings is 1. The average Bonchev–Trinajstić information content (AvgIpc) is 3.07. The lowest BCUT2D eigenvalue weighted by Gasteiger charge is -2.39. The van der Waals surface area contributed by atoms with Crippen LogP contribution < -0.4 is 5.32 Å². The summed E-state index contributed by atoms with van der Waals surface area (Å²) in [6.07, 6.45) is -3.15. The molecule has 1 aliphatic heterocycles. The Kier molecular flexibility index (Phi) is 9.67. The largest absolute Gasteiger partial charge is 0.403 e. The molecule has 1 aliphatic rings. The molecule has 1 aromatic heterocycles. The number of halogens is 4. The van der Waals surface area contributed by atoms with E-state index in [4.69, 9.17) is 0 Å². The Labute approximate surface area is 174 Å². The molecular weight excluding hydrogens is 476 g/mol. The Morgan fingerprint density at radius 1 is 1.27 bits per heavy atom. The average molecular weight is 504 g/mol. The summed E-state index contributed by atoms with van der Waals surface area (Å²) in [5.74, 6) is 1.24. The number of thiophene rings is 1. The minimum Gasteiger partial charge on any atom is -0.356 e. The first kappa shape index (κ1) is 23.5. The van der Waals surface area contributed by atoms with Crippen LogP contribution in [0.1, 0.15) is 18.7 Å². The van der Waals surface area contributed by atoms with E-state index < -0.39 is 12.2 Å². The quantitative estimate of drug-likeness (QED) is 0.377. The second-order valence-electron chi connectivity index (χ2n) is 6.56. The van der Waals surface area contributed by atoms with Gasteiger partial charge in [-0.05, 0) is 30.7 Å². The molecule has 150 valence electrons. The van der Waals surface area contributed by atoms with Gasteiger partial charge in [0, 0.05) is 44.6 Å². The summed E-state index contributed by atoms with van der Waals surface area (Å²) in [6, 6.07) is 2.80. The van der Waals surface area contributed by atoms with Gasteiger partial charge < -0.3 is 10.2 Å². The van der Waals surface area contributed by atoms with Crippen LogP contribution in [0.2, 0.25) is 0 Å². The lowest BCUT2D eigenvalue weighted by atomic mass is 10.1. The number of alkyl halides is 3. The molecule has 1 N–H and O–H groups in total. The highest BCUT2D eigenvalue weighted by Gasteiger charge is 2.41. The smallest absolute Gasteiger partial charge is 0.356 e. The molecule has 2 rings (SSSR count). The third-order valence-corrected chi connectivity index (χ3v) is 5.48. The van der Waals surface area contributed by atoms with Crippen molar-refractivity contribution < 1.29 is 13.2 Å². The zero-order valence-electron chi connectivity index (χ0n) is 15.4. The molecule has 0 amide bonds. The van der Waals surface area contributed by atoms with Crippen molar-refractivity contribution in [1.82, 2.24) is 15.1 Å². The van der Waals surface area contributed by atoms with Crippen molar-refractivity contribution in [2.24, 2.45) is 10.9 Å². The molecular formula is C17H28F3IN4S. The van der Waals surface area contributed by atoms with Crippen molar-refractivity contribution in [1.29, 1.82) is 0 Å². The molecule has 2 atom stereocenters. The van der Waals surface area contributed by atoms with Gasteiger partial charge in [0.05, 0.1) is 0 Å². The minimum absolute atomic E-state index is 0. The summed E-state index contributed by atoms with van der Waals surface area (Å²) in [5.41, 5.74) is 0. The van der Waals surface area contributed by atoms with Crippen LogP contribution in [0.5, 0.6) is 0 Å². The van der Waals surface area contributed by atoms with E-state index >= 15 is 0 Å². The second-order valence-corrected chi connectivity index (χ2v) is 7.59. The molecule has 0 aliphatic carbocycles. The summed E-state index contributed by atoms with van der Waals surface area (Å²) in [5, 5.41) is 5.44. The molecule has 0 saturated carbocycles. The standard InChI is InChI=1S/C17H27F3N4S.HI/c1-13(11-15-5-4-10-25-15)12-22-16(21-3)24-8-6-23(7-9-24)14(2)17(18,19)20;/h4-5,10,13-14H,6-9,11-12H2,1-3H3,(H,21,22);1H. The van der Waals surface area contributed by atoms with E-state index in [1.165, 1.54) is 16.7 Å². The molecule has 0 bridgehead atoms. The molecule has 26 heavy (non-hydrogen) atoms. The van der Waals surface area contributed by atoms with Crippen molar-refractivity contribution in [3.63, 3.8) is 0 Å². The zero-order valence-corrected chi connectivity index (χ0v) is 18.6. The maximum atomic E-state index is 12.8. The first-order valence-electron chi connectivity index (χ1n) is 8.60. The molecule has 1 saturated heterocycles. The number of rotatable bonds is 5. The van der Waals surface area contributed by atoms with Crippen molar-refractivity contribution in [3.05, 3.63) is 22.4 Å². The first-order valence-corrected chi connectivity index (χ1v) is 9.48. The maximum Gasteiger partial charge on any atom is 0.403 e. The van der Waals surface area contributed by atoms with Crippen molar-refractivity contribution in [3.8, 4) is 0 Å². The number of nitrogens with one attached hydrogen (secondary N) is 1. The normalized spacial score (nSPS) is 19.0. The van der Waals surface area contributed by atoms with E-state index in [1.807, 2.05) is 4.90 Å². The highest BCUT2D eigenvalue weighted by Crippen LogP contribution is 2.25. The highest BCUT2D eigenvalue weighted by molar-refractivity contribution is 14.0. The molecule has 4 nitrogen and oxygen atoms in total. The Morgan fingerprint density at radius 2 is 1.92 bits per heavy atom. The summed E-state index contributed by atoms with van der Waals surface area (Å²) >= 11 is 1.76. The molecule has 0 spiro atoms. The van der Waals surface area contributed by atoms with Gasteiger partial charge in [0.2, 0.25) is 0 Å². The maximum absolute atomic E-state index is 12.8. The Morgan fingerprint density at radius 3 is 2.42 bits per heavy atom. The Balaban J connectivity index is 0.00000338. The summed E-state index contributed by atoms with van der Waals surface area (Å²) in [6.45, 7) is 6.11. The molecule has 0 aromatic carbocycles. The fourth-order valence-electron chi connectivity index (χ4n) is 2.97. The van der Waals surface area contributed by atoms with Crippen LogP contribution in [0.25, 0.3) is 0 Å². The lowest BCUT2D eigenvalue weighted by Crippen LogP contribution is -2.57. The fourth-order valence-corrected chi connectivity index (χ4v) is 3.84. The van der Waals surface area contributed by atoms with Crippen molar-refractivity contribution in [2.45, 2.75) is 32.5 Å². The third-order valence-electron chi connectivity index (χ3n) is 4.59. The number of aliphatic imine (C=N–C) groups is 1. The van der Waals surface area contributed by atoms with Gasteiger partial charge in [-0.1, -0.05) is 13.0 Å². The molecule has 2 heterocycles. The van der Waals surface area contributed by atoms with Gasteiger partial charge in [-0.25, -0.2) is 0 Å². The highest BCUT2D eigenvalue weighted by atomic mass is 127. The van der Waals surface area contributed by atoms with E-state index in [1.54, 1.807) is 18.4 Å². The molecule has 9 heteroatoms. The van der Waals surface area contributed by atoms with E-state index in [0.29, 0.717) is 32.1 Å². The van der Waals surface area contributed by atoms with Crippen LogP contribution in [-0.2, 0) is 6.42 Å². The van der Waals surface area contributed by atoms with Crippen LogP contribution in [0.4, 0.5) is 13.2 Å². The van der Waals surface area contributed by atoms with Crippen molar-refractivity contribution >= 4 is 41.3 Å². The van der Waals surface area contributed by atoms with Gasteiger partial charge in [-0.3, -0.25) is 9.89 Å². The summed E-state index contributed by atoms with van der Waals surface area (Å²) in [4.78, 5) is 9.18. The van der Waals surface area contributed by atoms with Crippen LogP contribution in [0.3, 0.4) is 0 Å². The minimum atomic E-state index is -4.17. The molecule has 0 radical (unpaired) electrons. The molecule has 1 fully saturated rings. The van der Waals surface area contributed by atoms with Gasteiger partial charge in [0.1, 0.15) is 6.04 Å². The van der Waals surface area contributed by atoms with Gasteiger partial charge in [-0.15, -0.1) is 35.3 Å². The summed E-state index contributed by atoms with van der Waals surface area (Å²) < 4.78 is 38.5. The van der Waals surface area contributed by atoms with E-state index in [0.717, 1.165) is 18.9 Å². The van der Waals surface area contributed by atoms with Crippen molar-refractivity contribution in [2.75, 3.05) is 39.8 Å². The SMILES string of the molecule is CN=C(NCC(C)Cc1cccs1)N1CCN(C(C)C(F)(F)F)CC1.I. The molecule has 1 aromatic rings. The second kappa shape index (κ2) is 10.7. The predicted molar refractivity (Wildman–Crippen MR) is 113 cm³/mol. The fraction of sp³-hybridized carbons (Fsp3) is 0.706. The van der Waals surface area contributed by atoms with Crippen LogP contribution >= 0.6 is 35.3 Å². The predicted octanol–water partition coefficient (Wildman–Crippen LogP) is 3.69. The lowest BCUT2D eigenvalue weighted by molar-refractivity contribution is -0.181. The number of hydrogen-bond donors (Lipinski definition) is 1. The number of nitrogens with zero attached hydrogens (tertiary/aromatic N) is 3. The van der Waals surface area contributed by atoms with Crippen LogP contribution in [0, 0.1) is 5.92 Å². The Bertz CT molecular complexity index is 543. The number of guanidine groups is 1. The van der Waals surface area contributed by atoms with E-state index in [9.17, 15) is 13.2 Å². The Hall–Kier alpha value is -0.550. The monoisotopic (exact) mass is 504 g/mol. The van der Waals surface area contributed by atoms with Gasteiger partial charge >= 0.3 is 6.18 Å². The molecule has 2 unspecified atom stereocenters. The first-order chi connectivity index (χ1) is 11.8.